The van der Waals surface area contributed by atoms with Crippen LogP contribution in [0.3, 0.4) is 0 Å². The molecule has 0 bridgehead atoms. The van der Waals surface area contributed by atoms with Crippen molar-refractivity contribution in [2.24, 2.45) is 0 Å². The van der Waals surface area contributed by atoms with Gasteiger partial charge in [0.1, 0.15) is 0 Å². The minimum atomic E-state index is -0.262. The lowest BCUT2D eigenvalue weighted by Crippen LogP contribution is -2.44. The van der Waals surface area contributed by atoms with Crippen LogP contribution in [0.4, 0.5) is 0 Å². The molecule has 4 rings (SSSR count). The quantitative estimate of drug-likeness (QED) is 0.719. The summed E-state index contributed by atoms with van der Waals surface area (Å²) in [7, 11) is 0. The molecule has 156 valence electrons. The Morgan fingerprint density at radius 2 is 1.50 bits per heavy atom. The minimum absolute atomic E-state index is 0.00637. The third kappa shape index (κ3) is 4.60. The molecule has 2 heterocycles. The third-order valence-electron chi connectivity index (χ3n) is 5.87. The first-order valence-electron chi connectivity index (χ1n) is 10.6. The van der Waals surface area contributed by atoms with E-state index < -0.39 is 0 Å². The molecule has 3 amide bonds. The van der Waals surface area contributed by atoms with Gasteiger partial charge in [0.15, 0.2) is 0 Å². The topological polar surface area (TPSA) is 69.7 Å². The molecule has 0 atom stereocenters. The monoisotopic (exact) mass is 405 g/mol. The summed E-state index contributed by atoms with van der Waals surface area (Å²) in [6.45, 7) is 3.15. The molecule has 0 aromatic heterocycles. The van der Waals surface area contributed by atoms with Gasteiger partial charge in [0, 0.05) is 38.6 Å². The zero-order valence-corrected chi connectivity index (χ0v) is 17.0. The van der Waals surface area contributed by atoms with E-state index in [9.17, 15) is 14.4 Å². The van der Waals surface area contributed by atoms with Crippen LogP contribution in [0.15, 0.2) is 54.6 Å². The van der Waals surface area contributed by atoms with Crippen molar-refractivity contribution in [1.82, 2.24) is 15.1 Å². The molecular weight excluding hydrogens is 378 g/mol. The lowest BCUT2D eigenvalue weighted by Gasteiger charge is -2.32. The van der Waals surface area contributed by atoms with Crippen molar-refractivity contribution >= 4 is 17.7 Å². The lowest BCUT2D eigenvalue weighted by molar-refractivity contribution is -0.122. The number of rotatable bonds is 7. The van der Waals surface area contributed by atoms with Crippen molar-refractivity contribution in [2.75, 3.05) is 19.6 Å². The number of hydrogen-bond donors (Lipinski definition) is 1. The molecule has 0 unspecified atom stereocenters. The highest BCUT2D eigenvalue weighted by molar-refractivity contribution is 6.21. The maximum atomic E-state index is 12.4. The van der Waals surface area contributed by atoms with Crippen molar-refractivity contribution in [3.05, 3.63) is 71.3 Å². The Morgan fingerprint density at radius 1 is 0.900 bits per heavy atom. The summed E-state index contributed by atoms with van der Waals surface area (Å²) in [6.07, 6.45) is 2.68. The molecule has 2 aliphatic heterocycles. The summed E-state index contributed by atoms with van der Waals surface area (Å²) in [4.78, 5) is 40.7. The van der Waals surface area contributed by atoms with Crippen molar-refractivity contribution in [1.29, 1.82) is 0 Å². The van der Waals surface area contributed by atoms with Gasteiger partial charge in [-0.15, -0.1) is 0 Å². The number of nitrogens with zero attached hydrogens (tertiary/aromatic N) is 2. The average Bonchev–Trinajstić information content (AvgIpc) is 3.01. The fourth-order valence-electron chi connectivity index (χ4n) is 4.22. The predicted molar refractivity (Wildman–Crippen MR) is 114 cm³/mol. The third-order valence-corrected chi connectivity index (χ3v) is 5.87. The van der Waals surface area contributed by atoms with Gasteiger partial charge < -0.3 is 5.32 Å². The number of imide groups is 1. The number of carbonyl (C=O) groups excluding carboxylic acids is 3. The molecule has 0 saturated carbocycles. The van der Waals surface area contributed by atoms with Crippen LogP contribution in [0, 0.1) is 0 Å². The molecule has 2 aliphatic rings. The SMILES string of the molecule is O=C(CCCN1C(=O)c2ccccc2C1=O)NC1CCN(Cc2ccccc2)CC1. The van der Waals surface area contributed by atoms with Crippen molar-refractivity contribution in [2.45, 2.75) is 38.3 Å². The number of piperidine rings is 1. The molecule has 1 N–H and O–H groups in total. The fraction of sp³-hybridized carbons (Fsp3) is 0.375. The van der Waals surface area contributed by atoms with E-state index in [-0.39, 0.29) is 30.3 Å². The molecule has 2 aromatic carbocycles. The maximum Gasteiger partial charge on any atom is 0.261 e. The molecule has 1 saturated heterocycles. The molecule has 2 aromatic rings. The number of fused-ring (bicyclic) bond motifs is 1. The number of nitrogens with one attached hydrogen (secondary N) is 1. The maximum absolute atomic E-state index is 12.4. The second-order valence-electron chi connectivity index (χ2n) is 8.01. The van der Waals surface area contributed by atoms with E-state index in [2.05, 4.69) is 34.5 Å². The second-order valence-corrected chi connectivity index (χ2v) is 8.01. The van der Waals surface area contributed by atoms with E-state index in [1.54, 1.807) is 24.3 Å². The highest BCUT2D eigenvalue weighted by atomic mass is 16.2. The standard InChI is InChI=1S/C24H27N3O3/c28-22(11-6-14-27-23(29)20-9-4-5-10-21(20)24(27)30)25-19-12-15-26(16-13-19)17-18-7-2-1-3-8-18/h1-5,7-10,19H,6,11-17H2,(H,25,28). The van der Waals surface area contributed by atoms with Gasteiger partial charge in [-0.2, -0.15) is 0 Å². The van der Waals surface area contributed by atoms with Crippen LogP contribution in [0.2, 0.25) is 0 Å². The van der Waals surface area contributed by atoms with Crippen LogP contribution >= 0.6 is 0 Å². The zero-order chi connectivity index (χ0) is 20.9. The van der Waals surface area contributed by atoms with E-state index in [1.165, 1.54) is 10.5 Å². The largest absolute Gasteiger partial charge is 0.353 e. The molecule has 0 spiro atoms. The van der Waals surface area contributed by atoms with Crippen LogP contribution < -0.4 is 5.32 Å². The highest BCUT2D eigenvalue weighted by Crippen LogP contribution is 2.22. The summed E-state index contributed by atoms with van der Waals surface area (Å²) in [6, 6.07) is 17.5. The van der Waals surface area contributed by atoms with E-state index in [0.717, 1.165) is 32.5 Å². The first-order chi connectivity index (χ1) is 14.6. The predicted octanol–water partition coefficient (Wildman–Crippen LogP) is 2.84. The summed E-state index contributed by atoms with van der Waals surface area (Å²) in [5.41, 5.74) is 2.22. The Hall–Kier alpha value is -2.99. The summed E-state index contributed by atoms with van der Waals surface area (Å²) >= 11 is 0. The number of benzene rings is 2. The molecule has 0 radical (unpaired) electrons. The summed E-state index contributed by atoms with van der Waals surface area (Å²) < 4.78 is 0. The summed E-state index contributed by atoms with van der Waals surface area (Å²) in [5.74, 6) is -0.531. The van der Waals surface area contributed by atoms with Gasteiger partial charge in [0.25, 0.3) is 11.8 Å². The van der Waals surface area contributed by atoms with Gasteiger partial charge in [-0.05, 0) is 37.0 Å². The van der Waals surface area contributed by atoms with Gasteiger partial charge in [-0.1, -0.05) is 42.5 Å². The first-order valence-corrected chi connectivity index (χ1v) is 10.6. The number of hydrogen-bond acceptors (Lipinski definition) is 4. The molecule has 6 heteroatoms. The van der Waals surface area contributed by atoms with Gasteiger partial charge in [-0.25, -0.2) is 0 Å². The molecule has 30 heavy (non-hydrogen) atoms. The molecule has 1 fully saturated rings. The van der Waals surface area contributed by atoms with Crippen molar-refractivity contribution < 1.29 is 14.4 Å². The van der Waals surface area contributed by atoms with Crippen LogP contribution in [-0.4, -0.2) is 53.2 Å². The van der Waals surface area contributed by atoms with Crippen molar-refractivity contribution in [3.8, 4) is 0 Å². The Morgan fingerprint density at radius 3 is 2.13 bits per heavy atom. The van der Waals surface area contributed by atoms with Gasteiger partial charge in [0.05, 0.1) is 11.1 Å². The minimum Gasteiger partial charge on any atom is -0.353 e. The van der Waals surface area contributed by atoms with Crippen LogP contribution in [-0.2, 0) is 11.3 Å². The molecular formula is C24H27N3O3. The Labute approximate surface area is 176 Å². The van der Waals surface area contributed by atoms with E-state index >= 15 is 0 Å². The van der Waals surface area contributed by atoms with E-state index in [0.29, 0.717) is 24.0 Å². The number of carbonyl (C=O) groups is 3. The van der Waals surface area contributed by atoms with Crippen molar-refractivity contribution in [3.63, 3.8) is 0 Å². The first kappa shape index (κ1) is 20.3. The second kappa shape index (κ2) is 9.22. The summed E-state index contributed by atoms with van der Waals surface area (Å²) in [5, 5.41) is 3.11. The number of amides is 3. The lowest BCUT2D eigenvalue weighted by atomic mass is 10.0. The Bertz CT molecular complexity index is 885. The van der Waals surface area contributed by atoms with Gasteiger partial charge >= 0.3 is 0 Å². The normalized spacial score (nSPS) is 17.3. The number of likely N-dealkylation sites (tertiary alicyclic amines) is 1. The van der Waals surface area contributed by atoms with E-state index in [4.69, 9.17) is 0 Å². The Balaban J connectivity index is 1.17. The highest BCUT2D eigenvalue weighted by Gasteiger charge is 2.34. The molecule has 6 nitrogen and oxygen atoms in total. The smallest absolute Gasteiger partial charge is 0.261 e. The average molecular weight is 405 g/mol. The zero-order valence-electron chi connectivity index (χ0n) is 17.0. The Kier molecular flexibility index (Phi) is 6.23. The molecule has 0 aliphatic carbocycles. The van der Waals surface area contributed by atoms with Crippen LogP contribution in [0.5, 0.6) is 0 Å². The fourth-order valence-corrected chi connectivity index (χ4v) is 4.22. The van der Waals surface area contributed by atoms with Crippen LogP contribution in [0.25, 0.3) is 0 Å². The van der Waals surface area contributed by atoms with Crippen LogP contribution in [0.1, 0.15) is 52.0 Å². The van der Waals surface area contributed by atoms with Gasteiger partial charge in [0.2, 0.25) is 5.91 Å². The van der Waals surface area contributed by atoms with Gasteiger partial charge in [-0.3, -0.25) is 24.2 Å². The van der Waals surface area contributed by atoms with E-state index in [1.807, 2.05) is 6.07 Å².